The number of hydrogen-bond acceptors (Lipinski definition) is 7. The lowest BCUT2D eigenvalue weighted by molar-refractivity contribution is -0.394. The van der Waals surface area contributed by atoms with Gasteiger partial charge in [-0.05, 0) is 18.2 Å². The Morgan fingerprint density at radius 3 is 2.36 bits per heavy atom. The molecule has 0 fully saturated rings. The van der Waals surface area contributed by atoms with Crippen molar-refractivity contribution in [2.75, 3.05) is 18.5 Å². The molecule has 1 heterocycles. The molecule has 0 unspecified atom stereocenters. The van der Waals surface area contributed by atoms with Crippen molar-refractivity contribution < 1.29 is 24.1 Å². The van der Waals surface area contributed by atoms with E-state index < -0.39 is 27.1 Å². The first kappa shape index (κ1) is 16.2. The molecular weight excluding hydrogens is 334 g/mol. The number of carbonyl (C=O) groups is 1. The van der Waals surface area contributed by atoms with Crippen molar-refractivity contribution in [1.29, 1.82) is 0 Å². The second-order valence-corrected chi connectivity index (χ2v) is 5.03. The third-order valence-electron chi connectivity index (χ3n) is 3.43. The highest BCUT2D eigenvalue weighted by Gasteiger charge is 2.24. The number of fused-ring (bicyclic) bond motifs is 1. The van der Waals surface area contributed by atoms with Crippen molar-refractivity contribution in [3.05, 3.63) is 62.2 Å². The van der Waals surface area contributed by atoms with Crippen LogP contribution in [-0.2, 0) is 0 Å². The summed E-state index contributed by atoms with van der Waals surface area (Å²) in [7, 11) is 0. The predicted molar refractivity (Wildman–Crippen MR) is 85.1 cm³/mol. The van der Waals surface area contributed by atoms with Crippen LogP contribution >= 0.6 is 0 Å². The maximum atomic E-state index is 12.3. The fourth-order valence-corrected chi connectivity index (χ4v) is 2.30. The van der Waals surface area contributed by atoms with Gasteiger partial charge in [0.15, 0.2) is 11.5 Å². The standard InChI is InChI=1S/C15H11N3O7/c19-15(11-3-2-10(17(20)21)8-12(11)18(22)23)16-9-1-4-13-14(7-9)25-6-5-24-13/h1-4,7-8H,5-6H2,(H,16,19). The van der Waals surface area contributed by atoms with E-state index in [-0.39, 0.29) is 5.56 Å². The Morgan fingerprint density at radius 1 is 0.960 bits per heavy atom. The Hall–Kier alpha value is -3.69. The number of hydrogen-bond donors (Lipinski definition) is 1. The third-order valence-corrected chi connectivity index (χ3v) is 3.43. The van der Waals surface area contributed by atoms with Crippen LogP contribution in [0.2, 0.25) is 0 Å². The highest BCUT2D eigenvalue weighted by Crippen LogP contribution is 2.33. The number of anilines is 1. The Balaban J connectivity index is 1.88. The van der Waals surface area contributed by atoms with E-state index in [9.17, 15) is 25.0 Å². The lowest BCUT2D eigenvalue weighted by Crippen LogP contribution is -2.17. The molecule has 1 aliphatic heterocycles. The van der Waals surface area contributed by atoms with E-state index in [1.54, 1.807) is 12.1 Å². The highest BCUT2D eigenvalue weighted by atomic mass is 16.6. The third kappa shape index (κ3) is 3.32. The predicted octanol–water partition coefficient (Wildman–Crippen LogP) is 2.53. The summed E-state index contributed by atoms with van der Waals surface area (Å²) in [6.07, 6.45) is 0. The lowest BCUT2D eigenvalue weighted by Gasteiger charge is -2.19. The van der Waals surface area contributed by atoms with Gasteiger partial charge in [-0.3, -0.25) is 25.0 Å². The second kappa shape index (κ2) is 6.43. The van der Waals surface area contributed by atoms with Gasteiger partial charge in [0.05, 0.1) is 15.9 Å². The second-order valence-electron chi connectivity index (χ2n) is 5.03. The van der Waals surface area contributed by atoms with Crippen molar-refractivity contribution in [2.45, 2.75) is 0 Å². The molecule has 0 spiro atoms. The van der Waals surface area contributed by atoms with Gasteiger partial charge in [0.25, 0.3) is 17.3 Å². The first-order chi connectivity index (χ1) is 12.0. The number of carbonyl (C=O) groups excluding carboxylic acids is 1. The summed E-state index contributed by atoms with van der Waals surface area (Å²) < 4.78 is 10.8. The molecule has 1 amide bonds. The van der Waals surface area contributed by atoms with E-state index in [0.29, 0.717) is 30.4 Å². The minimum Gasteiger partial charge on any atom is -0.486 e. The Morgan fingerprint density at radius 2 is 1.68 bits per heavy atom. The van der Waals surface area contributed by atoms with E-state index in [1.807, 2.05) is 0 Å². The molecular formula is C15H11N3O7. The minimum absolute atomic E-state index is 0.287. The fraction of sp³-hybridized carbons (Fsp3) is 0.133. The zero-order chi connectivity index (χ0) is 18.0. The van der Waals surface area contributed by atoms with Crippen molar-refractivity contribution in [1.82, 2.24) is 0 Å². The quantitative estimate of drug-likeness (QED) is 0.664. The van der Waals surface area contributed by atoms with Gasteiger partial charge in [-0.15, -0.1) is 0 Å². The number of amides is 1. The number of nitrogens with one attached hydrogen (secondary N) is 1. The van der Waals surface area contributed by atoms with Crippen LogP contribution < -0.4 is 14.8 Å². The normalized spacial score (nSPS) is 12.3. The maximum Gasteiger partial charge on any atom is 0.289 e. The molecule has 2 aromatic rings. The molecule has 3 rings (SSSR count). The van der Waals surface area contributed by atoms with Gasteiger partial charge in [-0.2, -0.15) is 0 Å². The topological polar surface area (TPSA) is 134 Å². The summed E-state index contributed by atoms with van der Waals surface area (Å²) in [5, 5.41) is 24.4. The van der Waals surface area contributed by atoms with Crippen molar-refractivity contribution in [2.24, 2.45) is 0 Å². The molecule has 25 heavy (non-hydrogen) atoms. The van der Waals surface area contributed by atoms with E-state index >= 15 is 0 Å². The van der Waals surface area contributed by atoms with Gasteiger partial charge in [0, 0.05) is 17.8 Å². The number of nitrogens with zero attached hydrogens (tertiary/aromatic N) is 2. The van der Waals surface area contributed by atoms with E-state index in [0.717, 1.165) is 18.2 Å². The van der Waals surface area contributed by atoms with Crippen LogP contribution in [0.1, 0.15) is 10.4 Å². The molecule has 2 aromatic carbocycles. The highest BCUT2D eigenvalue weighted by molar-refractivity contribution is 6.07. The summed E-state index contributed by atoms with van der Waals surface area (Å²) in [4.78, 5) is 32.6. The summed E-state index contributed by atoms with van der Waals surface area (Å²) >= 11 is 0. The zero-order valence-electron chi connectivity index (χ0n) is 12.6. The van der Waals surface area contributed by atoms with Gasteiger partial charge < -0.3 is 14.8 Å². The molecule has 10 heteroatoms. The van der Waals surface area contributed by atoms with Crippen LogP contribution in [0.25, 0.3) is 0 Å². The summed E-state index contributed by atoms with van der Waals surface area (Å²) in [6, 6.07) is 7.52. The monoisotopic (exact) mass is 345 g/mol. The smallest absolute Gasteiger partial charge is 0.289 e. The Bertz CT molecular complexity index is 881. The van der Waals surface area contributed by atoms with Gasteiger partial charge >= 0.3 is 0 Å². The van der Waals surface area contributed by atoms with Crippen molar-refractivity contribution in [3.63, 3.8) is 0 Å². The molecule has 0 saturated heterocycles. The van der Waals surface area contributed by atoms with Gasteiger partial charge in [-0.1, -0.05) is 0 Å². The van der Waals surface area contributed by atoms with E-state index in [1.165, 1.54) is 6.07 Å². The minimum atomic E-state index is -0.842. The van der Waals surface area contributed by atoms with Gasteiger partial charge in [0.2, 0.25) is 0 Å². The van der Waals surface area contributed by atoms with Crippen LogP contribution in [0.3, 0.4) is 0 Å². The van der Waals surface area contributed by atoms with E-state index in [4.69, 9.17) is 9.47 Å². The summed E-state index contributed by atoms with van der Waals surface area (Å²) in [5.41, 5.74) is -1.06. The maximum absolute atomic E-state index is 12.3. The van der Waals surface area contributed by atoms with E-state index in [2.05, 4.69) is 5.32 Å². The SMILES string of the molecule is O=C(Nc1ccc2c(c1)OCCO2)c1ccc([N+](=O)[O-])cc1[N+](=O)[O-]. The molecule has 0 bridgehead atoms. The molecule has 10 nitrogen and oxygen atoms in total. The largest absolute Gasteiger partial charge is 0.486 e. The summed E-state index contributed by atoms with van der Waals surface area (Å²) in [6.45, 7) is 0.798. The Labute approximate surface area is 140 Å². The van der Waals surface area contributed by atoms with Crippen molar-refractivity contribution >= 4 is 23.0 Å². The van der Waals surface area contributed by atoms with Crippen LogP contribution in [0, 0.1) is 20.2 Å². The van der Waals surface area contributed by atoms with Crippen molar-refractivity contribution in [3.8, 4) is 11.5 Å². The average Bonchev–Trinajstić information content (AvgIpc) is 2.60. The number of nitro groups is 2. The molecule has 0 aromatic heterocycles. The molecule has 0 aliphatic carbocycles. The van der Waals surface area contributed by atoms with Gasteiger partial charge in [0.1, 0.15) is 18.8 Å². The Kier molecular flexibility index (Phi) is 4.16. The van der Waals surface area contributed by atoms with Crippen LogP contribution in [0.4, 0.5) is 17.1 Å². The van der Waals surface area contributed by atoms with Crippen LogP contribution in [0.15, 0.2) is 36.4 Å². The lowest BCUT2D eigenvalue weighted by atomic mass is 10.1. The fourth-order valence-electron chi connectivity index (χ4n) is 2.30. The number of nitro benzene ring substituents is 2. The van der Waals surface area contributed by atoms with Crippen LogP contribution in [0.5, 0.6) is 11.5 Å². The number of benzene rings is 2. The number of ether oxygens (including phenoxy) is 2. The molecule has 1 N–H and O–H groups in total. The first-order valence-corrected chi connectivity index (χ1v) is 7.09. The molecule has 1 aliphatic rings. The van der Waals surface area contributed by atoms with Gasteiger partial charge in [-0.25, -0.2) is 0 Å². The molecule has 0 atom stereocenters. The molecule has 128 valence electrons. The van der Waals surface area contributed by atoms with Crippen LogP contribution in [-0.4, -0.2) is 29.0 Å². The molecule has 0 saturated carbocycles. The number of rotatable bonds is 4. The number of non-ortho nitro benzene ring substituents is 1. The first-order valence-electron chi connectivity index (χ1n) is 7.09. The zero-order valence-corrected chi connectivity index (χ0v) is 12.6. The average molecular weight is 345 g/mol. The molecule has 0 radical (unpaired) electrons. The summed E-state index contributed by atoms with van der Waals surface area (Å²) in [5.74, 6) is 0.214.